The van der Waals surface area contributed by atoms with E-state index in [0.29, 0.717) is 6.04 Å². The van der Waals surface area contributed by atoms with Crippen LogP contribution in [-0.4, -0.2) is 12.6 Å². The summed E-state index contributed by atoms with van der Waals surface area (Å²) in [5, 5.41) is 3.55. The molecular formula is C14H20BrN. The second-order valence-corrected chi connectivity index (χ2v) is 4.92. The number of halogens is 1. The zero-order chi connectivity index (χ0) is 11.8. The van der Waals surface area contributed by atoms with Crippen LogP contribution in [0.5, 0.6) is 0 Å². The van der Waals surface area contributed by atoms with Crippen molar-refractivity contribution in [3.8, 4) is 0 Å². The van der Waals surface area contributed by atoms with Crippen molar-refractivity contribution in [2.24, 2.45) is 0 Å². The van der Waals surface area contributed by atoms with Crippen molar-refractivity contribution in [3.05, 3.63) is 47.0 Å². The van der Waals surface area contributed by atoms with E-state index in [1.807, 2.05) is 6.08 Å². The maximum Gasteiger partial charge on any atom is 0.0175 e. The predicted octanol–water partition coefficient (Wildman–Crippen LogP) is 3.94. The summed E-state index contributed by atoms with van der Waals surface area (Å²) in [4.78, 5) is 0. The van der Waals surface area contributed by atoms with E-state index in [1.54, 1.807) is 0 Å². The molecule has 0 amide bonds. The number of benzene rings is 1. The minimum absolute atomic E-state index is 0.513. The van der Waals surface area contributed by atoms with Gasteiger partial charge in [0.2, 0.25) is 0 Å². The van der Waals surface area contributed by atoms with Gasteiger partial charge in [-0.1, -0.05) is 41.1 Å². The lowest BCUT2D eigenvalue weighted by Gasteiger charge is -2.16. The van der Waals surface area contributed by atoms with E-state index >= 15 is 0 Å². The Balaban J connectivity index is 2.52. The molecule has 1 nitrogen and oxygen atoms in total. The summed E-state index contributed by atoms with van der Waals surface area (Å²) in [5.41, 5.74) is 1.37. The Morgan fingerprint density at radius 2 is 2.06 bits per heavy atom. The van der Waals surface area contributed by atoms with Crippen molar-refractivity contribution in [2.45, 2.75) is 32.2 Å². The van der Waals surface area contributed by atoms with Gasteiger partial charge in [0.15, 0.2) is 0 Å². The molecule has 0 saturated heterocycles. The van der Waals surface area contributed by atoms with Gasteiger partial charge in [-0.2, -0.15) is 0 Å². The van der Waals surface area contributed by atoms with Crippen molar-refractivity contribution in [1.29, 1.82) is 0 Å². The molecule has 1 unspecified atom stereocenters. The summed E-state index contributed by atoms with van der Waals surface area (Å²) in [6.45, 7) is 7.09. The average Bonchev–Trinajstić information content (AvgIpc) is 2.29. The first-order valence-corrected chi connectivity index (χ1v) is 6.64. The topological polar surface area (TPSA) is 12.0 Å². The largest absolute Gasteiger partial charge is 0.313 e. The maximum absolute atomic E-state index is 3.82. The number of hydrogen-bond acceptors (Lipinski definition) is 1. The number of nitrogens with one attached hydrogen (secondary N) is 1. The molecule has 1 N–H and O–H groups in total. The van der Waals surface area contributed by atoms with Crippen LogP contribution in [0.4, 0.5) is 0 Å². The van der Waals surface area contributed by atoms with Gasteiger partial charge in [-0.05, 0) is 43.5 Å². The Kier molecular flexibility index (Phi) is 6.43. The number of hydrogen-bond donors (Lipinski definition) is 1. The van der Waals surface area contributed by atoms with Crippen molar-refractivity contribution < 1.29 is 0 Å². The summed E-state index contributed by atoms with van der Waals surface area (Å²) >= 11 is 3.45. The van der Waals surface area contributed by atoms with Gasteiger partial charge in [0.25, 0.3) is 0 Å². The third kappa shape index (κ3) is 4.95. The lowest BCUT2D eigenvalue weighted by atomic mass is 10.0. The van der Waals surface area contributed by atoms with Crippen LogP contribution in [-0.2, 0) is 6.42 Å². The Morgan fingerprint density at radius 3 is 2.62 bits per heavy atom. The highest BCUT2D eigenvalue weighted by atomic mass is 79.9. The normalized spacial score (nSPS) is 12.4. The highest BCUT2D eigenvalue weighted by Gasteiger charge is 2.06. The molecule has 1 aromatic carbocycles. The zero-order valence-electron chi connectivity index (χ0n) is 9.88. The summed E-state index contributed by atoms with van der Waals surface area (Å²) in [7, 11) is 0. The summed E-state index contributed by atoms with van der Waals surface area (Å²) < 4.78 is 1.14. The molecular weight excluding hydrogens is 262 g/mol. The van der Waals surface area contributed by atoms with Crippen LogP contribution in [0.25, 0.3) is 0 Å². The zero-order valence-corrected chi connectivity index (χ0v) is 11.5. The first-order chi connectivity index (χ1) is 7.76. The molecule has 0 saturated carbocycles. The van der Waals surface area contributed by atoms with E-state index in [1.165, 1.54) is 12.0 Å². The van der Waals surface area contributed by atoms with Crippen LogP contribution in [0.1, 0.15) is 25.3 Å². The molecule has 2 heteroatoms. The van der Waals surface area contributed by atoms with Gasteiger partial charge in [0.05, 0.1) is 0 Å². The first kappa shape index (κ1) is 13.5. The minimum Gasteiger partial charge on any atom is -0.313 e. The smallest absolute Gasteiger partial charge is 0.0175 e. The molecule has 88 valence electrons. The van der Waals surface area contributed by atoms with E-state index in [2.05, 4.69) is 59.0 Å². The molecule has 0 aliphatic heterocycles. The lowest BCUT2D eigenvalue weighted by Crippen LogP contribution is -2.31. The van der Waals surface area contributed by atoms with Gasteiger partial charge < -0.3 is 5.32 Å². The van der Waals surface area contributed by atoms with Gasteiger partial charge in [-0.15, -0.1) is 6.58 Å². The fourth-order valence-corrected chi connectivity index (χ4v) is 1.96. The fourth-order valence-electron chi connectivity index (χ4n) is 1.69. The molecule has 16 heavy (non-hydrogen) atoms. The predicted molar refractivity (Wildman–Crippen MR) is 74.7 cm³/mol. The highest BCUT2D eigenvalue weighted by Crippen LogP contribution is 2.13. The highest BCUT2D eigenvalue weighted by molar-refractivity contribution is 9.10. The fraction of sp³-hybridized carbons (Fsp3) is 0.429. The second-order valence-electron chi connectivity index (χ2n) is 4.01. The van der Waals surface area contributed by atoms with E-state index in [4.69, 9.17) is 0 Å². The van der Waals surface area contributed by atoms with Crippen LogP contribution < -0.4 is 5.32 Å². The first-order valence-electron chi connectivity index (χ1n) is 5.85. The van der Waals surface area contributed by atoms with Crippen LogP contribution >= 0.6 is 15.9 Å². The van der Waals surface area contributed by atoms with Gasteiger partial charge in [-0.3, -0.25) is 0 Å². The molecule has 1 atom stereocenters. The van der Waals surface area contributed by atoms with Crippen LogP contribution in [0.15, 0.2) is 41.4 Å². The quantitative estimate of drug-likeness (QED) is 0.747. The van der Waals surface area contributed by atoms with E-state index in [9.17, 15) is 0 Å². The maximum atomic E-state index is 3.82. The average molecular weight is 282 g/mol. The van der Waals surface area contributed by atoms with Gasteiger partial charge in [0.1, 0.15) is 0 Å². The molecule has 0 spiro atoms. The van der Waals surface area contributed by atoms with E-state index < -0.39 is 0 Å². The SMILES string of the molecule is C=CCC(Cc1ccc(Br)cc1)NCCC. The van der Waals surface area contributed by atoms with Crippen LogP contribution in [0.3, 0.4) is 0 Å². The molecule has 0 fully saturated rings. The minimum atomic E-state index is 0.513. The van der Waals surface area contributed by atoms with Gasteiger partial charge >= 0.3 is 0 Å². The summed E-state index contributed by atoms with van der Waals surface area (Å²) in [5.74, 6) is 0. The summed E-state index contributed by atoms with van der Waals surface area (Å²) in [6.07, 6.45) is 5.26. The Morgan fingerprint density at radius 1 is 1.38 bits per heavy atom. The molecule has 1 rings (SSSR count). The van der Waals surface area contributed by atoms with E-state index in [-0.39, 0.29) is 0 Å². The van der Waals surface area contributed by atoms with Crippen molar-refractivity contribution in [2.75, 3.05) is 6.54 Å². The van der Waals surface area contributed by atoms with Crippen LogP contribution in [0.2, 0.25) is 0 Å². The molecule has 0 bridgehead atoms. The van der Waals surface area contributed by atoms with Crippen molar-refractivity contribution in [3.63, 3.8) is 0 Å². The molecule has 0 aliphatic rings. The lowest BCUT2D eigenvalue weighted by molar-refractivity contribution is 0.512. The Bertz CT molecular complexity index is 305. The monoisotopic (exact) mass is 281 g/mol. The molecule has 0 aliphatic carbocycles. The van der Waals surface area contributed by atoms with E-state index in [0.717, 1.165) is 23.9 Å². The molecule has 0 heterocycles. The summed E-state index contributed by atoms with van der Waals surface area (Å²) in [6, 6.07) is 9.06. The second kappa shape index (κ2) is 7.64. The Hall–Kier alpha value is -0.600. The molecule has 0 radical (unpaired) electrons. The molecule has 1 aromatic rings. The standard InChI is InChI=1S/C14H20BrN/c1-3-5-14(16-10-4-2)11-12-6-8-13(15)9-7-12/h3,6-9,14,16H,1,4-5,10-11H2,2H3. The van der Waals surface area contributed by atoms with Gasteiger partial charge in [0, 0.05) is 10.5 Å². The van der Waals surface area contributed by atoms with Crippen molar-refractivity contribution >= 4 is 15.9 Å². The number of rotatable bonds is 7. The Labute approximate surface area is 107 Å². The van der Waals surface area contributed by atoms with Crippen LogP contribution in [0, 0.1) is 0 Å². The van der Waals surface area contributed by atoms with Gasteiger partial charge in [-0.25, -0.2) is 0 Å². The molecule has 0 aromatic heterocycles. The van der Waals surface area contributed by atoms with Crippen molar-refractivity contribution in [1.82, 2.24) is 5.32 Å². The third-order valence-corrected chi connectivity index (χ3v) is 3.06. The third-order valence-electron chi connectivity index (χ3n) is 2.53.